The van der Waals surface area contributed by atoms with E-state index in [1.807, 2.05) is 30.3 Å². The van der Waals surface area contributed by atoms with E-state index in [0.29, 0.717) is 18.9 Å². The molecule has 2 rings (SSSR count). The number of carbonyl (C=O) groups is 1. The minimum Gasteiger partial charge on any atom is -0.394 e. The van der Waals surface area contributed by atoms with E-state index < -0.39 is 5.92 Å². The molecule has 21 heavy (non-hydrogen) atoms. The molecule has 0 aliphatic carbocycles. The van der Waals surface area contributed by atoms with Crippen molar-refractivity contribution >= 4 is 23.1 Å². The molecule has 1 heterocycles. The van der Waals surface area contributed by atoms with Gasteiger partial charge >= 0.3 is 0 Å². The van der Waals surface area contributed by atoms with E-state index in [4.69, 9.17) is 18.0 Å². The second-order valence-electron chi connectivity index (χ2n) is 5.69. The Balaban J connectivity index is 2.15. The molecule has 1 aromatic rings. The van der Waals surface area contributed by atoms with Crippen LogP contribution in [0, 0.1) is 11.8 Å². The number of nitrogens with zero attached hydrogens (tertiary/aromatic N) is 1. The van der Waals surface area contributed by atoms with Crippen LogP contribution in [0.15, 0.2) is 30.3 Å². The maximum Gasteiger partial charge on any atom is 0.233 e. The van der Waals surface area contributed by atoms with Crippen molar-refractivity contribution in [1.82, 2.24) is 4.90 Å². The number of likely N-dealkylation sites (tertiary alicyclic amines) is 1. The minimum atomic E-state index is -0.498. The standard InChI is InChI=1S/C16H22N2O2S/c1-11-7-8-18(14(11)10-19)16(20)13(15(17)21)9-12-5-3-2-4-6-12/h2-6,11,13-14,19H,7-10H2,1H3,(H2,17,21). The molecule has 0 radical (unpaired) electrons. The molecule has 114 valence electrons. The number of aliphatic hydroxyl groups is 1. The third kappa shape index (κ3) is 3.60. The predicted molar refractivity (Wildman–Crippen MR) is 86.8 cm³/mol. The Morgan fingerprint density at radius 3 is 2.71 bits per heavy atom. The fourth-order valence-electron chi connectivity index (χ4n) is 2.92. The molecule has 1 aromatic carbocycles. The number of rotatable bonds is 5. The van der Waals surface area contributed by atoms with Crippen molar-refractivity contribution < 1.29 is 9.90 Å². The number of thiocarbonyl (C=S) groups is 1. The van der Waals surface area contributed by atoms with Gasteiger partial charge in [-0.2, -0.15) is 0 Å². The first-order valence-electron chi connectivity index (χ1n) is 7.29. The van der Waals surface area contributed by atoms with Crippen LogP contribution >= 0.6 is 12.2 Å². The van der Waals surface area contributed by atoms with E-state index in [1.54, 1.807) is 4.90 Å². The van der Waals surface area contributed by atoms with Crippen LogP contribution in [0.25, 0.3) is 0 Å². The summed E-state index contributed by atoms with van der Waals surface area (Å²) in [5.41, 5.74) is 6.83. The molecule has 1 aliphatic heterocycles. The highest BCUT2D eigenvalue weighted by Gasteiger charge is 2.37. The van der Waals surface area contributed by atoms with E-state index in [1.165, 1.54) is 0 Å². The number of hydrogen-bond acceptors (Lipinski definition) is 3. The van der Waals surface area contributed by atoms with Crippen LogP contribution in [-0.4, -0.2) is 40.1 Å². The lowest BCUT2D eigenvalue weighted by molar-refractivity contribution is -0.135. The van der Waals surface area contributed by atoms with Crippen LogP contribution in [0.5, 0.6) is 0 Å². The van der Waals surface area contributed by atoms with Gasteiger partial charge in [-0.05, 0) is 24.3 Å². The minimum absolute atomic E-state index is 0.0116. The van der Waals surface area contributed by atoms with Crippen molar-refractivity contribution in [2.24, 2.45) is 17.6 Å². The lowest BCUT2D eigenvalue weighted by atomic mass is 9.97. The van der Waals surface area contributed by atoms with Gasteiger partial charge in [-0.15, -0.1) is 0 Å². The molecular weight excluding hydrogens is 284 g/mol. The van der Waals surface area contributed by atoms with E-state index >= 15 is 0 Å². The molecule has 0 aromatic heterocycles. The van der Waals surface area contributed by atoms with Crippen molar-refractivity contribution in [2.45, 2.75) is 25.8 Å². The lowest BCUT2D eigenvalue weighted by Crippen LogP contribution is -2.46. The molecule has 3 unspecified atom stereocenters. The summed E-state index contributed by atoms with van der Waals surface area (Å²) in [6.45, 7) is 2.71. The average Bonchev–Trinajstić information content (AvgIpc) is 2.85. The fraction of sp³-hybridized carbons (Fsp3) is 0.500. The number of amides is 1. The Hall–Kier alpha value is -1.46. The maximum atomic E-state index is 12.8. The summed E-state index contributed by atoms with van der Waals surface area (Å²) in [5, 5.41) is 9.51. The summed E-state index contributed by atoms with van der Waals surface area (Å²) in [4.78, 5) is 14.7. The second kappa shape index (κ2) is 7.00. The molecule has 5 heteroatoms. The first-order valence-corrected chi connectivity index (χ1v) is 7.70. The van der Waals surface area contributed by atoms with E-state index in [2.05, 4.69) is 6.92 Å². The summed E-state index contributed by atoms with van der Waals surface area (Å²) in [7, 11) is 0. The third-order valence-corrected chi connectivity index (χ3v) is 4.56. The molecule has 3 N–H and O–H groups in total. The van der Waals surface area contributed by atoms with Crippen molar-refractivity contribution in [3.05, 3.63) is 35.9 Å². The Morgan fingerprint density at radius 2 is 2.14 bits per heavy atom. The largest absolute Gasteiger partial charge is 0.394 e. The first-order chi connectivity index (χ1) is 10.0. The maximum absolute atomic E-state index is 12.8. The molecule has 0 saturated carbocycles. The molecular formula is C16H22N2O2S. The Labute approximate surface area is 130 Å². The number of nitrogens with two attached hydrogens (primary N) is 1. The van der Waals surface area contributed by atoms with Crippen LogP contribution < -0.4 is 5.73 Å². The van der Waals surface area contributed by atoms with Gasteiger partial charge in [0.1, 0.15) is 0 Å². The van der Waals surface area contributed by atoms with Crippen molar-refractivity contribution in [1.29, 1.82) is 0 Å². The highest BCUT2D eigenvalue weighted by Crippen LogP contribution is 2.26. The molecule has 1 amide bonds. The fourth-order valence-corrected chi connectivity index (χ4v) is 3.10. The van der Waals surface area contributed by atoms with E-state index in [-0.39, 0.29) is 23.5 Å². The van der Waals surface area contributed by atoms with Gasteiger partial charge in [0.05, 0.1) is 23.6 Å². The molecule has 0 spiro atoms. The summed E-state index contributed by atoms with van der Waals surface area (Å²) < 4.78 is 0. The zero-order chi connectivity index (χ0) is 15.4. The van der Waals surface area contributed by atoms with Gasteiger partial charge in [-0.1, -0.05) is 49.5 Å². The summed E-state index contributed by atoms with van der Waals surface area (Å²) in [6.07, 6.45) is 1.42. The van der Waals surface area contributed by atoms with Crippen LogP contribution in [0.4, 0.5) is 0 Å². The van der Waals surface area contributed by atoms with Crippen molar-refractivity contribution in [3.8, 4) is 0 Å². The van der Waals surface area contributed by atoms with Crippen molar-refractivity contribution in [3.63, 3.8) is 0 Å². The van der Waals surface area contributed by atoms with Gasteiger partial charge in [-0.3, -0.25) is 4.79 Å². The third-order valence-electron chi connectivity index (χ3n) is 4.28. The first kappa shape index (κ1) is 15.9. The number of carbonyl (C=O) groups excluding carboxylic acids is 1. The van der Waals surface area contributed by atoms with Gasteiger partial charge in [0, 0.05) is 6.54 Å². The van der Waals surface area contributed by atoms with Gasteiger partial charge in [0.25, 0.3) is 0 Å². The van der Waals surface area contributed by atoms with Gasteiger partial charge in [0.15, 0.2) is 0 Å². The Bertz CT molecular complexity index is 506. The zero-order valence-electron chi connectivity index (χ0n) is 12.2. The normalized spacial score (nSPS) is 23.0. The molecule has 0 bridgehead atoms. The second-order valence-corrected chi connectivity index (χ2v) is 6.16. The topological polar surface area (TPSA) is 66.6 Å². The Kier molecular flexibility index (Phi) is 5.31. The molecule has 3 atom stereocenters. The molecule has 1 saturated heterocycles. The molecule has 4 nitrogen and oxygen atoms in total. The molecule has 1 fully saturated rings. The number of hydrogen-bond donors (Lipinski definition) is 2. The summed E-state index contributed by atoms with van der Waals surface area (Å²) >= 11 is 5.10. The smallest absolute Gasteiger partial charge is 0.233 e. The predicted octanol–water partition coefficient (Wildman–Crippen LogP) is 1.36. The van der Waals surface area contributed by atoms with Crippen LogP contribution in [0.3, 0.4) is 0 Å². The zero-order valence-corrected chi connectivity index (χ0v) is 13.1. The number of aliphatic hydroxyl groups excluding tert-OH is 1. The van der Waals surface area contributed by atoms with Crippen LogP contribution in [-0.2, 0) is 11.2 Å². The van der Waals surface area contributed by atoms with Gasteiger partial charge < -0.3 is 15.7 Å². The summed E-state index contributed by atoms with van der Waals surface area (Å²) in [5.74, 6) is -0.251. The van der Waals surface area contributed by atoms with Crippen LogP contribution in [0.1, 0.15) is 18.9 Å². The molecule has 1 aliphatic rings. The van der Waals surface area contributed by atoms with Gasteiger partial charge in [-0.25, -0.2) is 0 Å². The average molecular weight is 306 g/mol. The summed E-state index contributed by atoms with van der Waals surface area (Å²) in [6, 6.07) is 9.62. The van der Waals surface area contributed by atoms with Crippen molar-refractivity contribution in [2.75, 3.05) is 13.2 Å². The number of benzene rings is 1. The monoisotopic (exact) mass is 306 g/mol. The highest BCUT2D eigenvalue weighted by molar-refractivity contribution is 7.80. The Morgan fingerprint density at radius 1 is 1.48 bits per heavy atom. The van der Waals surface area contributed by atoms with Crippen LogP contribution in [0.2, 0.25) is 0 Å². The SMILES string of the molecule is CC1CCN(C(=O)C(Cc2ccccc2)C(N)=S)C1CO. The van der Waals surface area contributed by atoms with E-state index in [0.717, 1.165) is 12.0 Å². The van der Waals surface area contributed by atoms with E-state index in [9.17, 15) is 9.90 Å². The van der Waals surface area contributed by atoms with Gasteiger partial charge in [0.2, 0.25) is 5.91 Å². The quantitative estimate of drug-likeness (QED) is 0.806. The lowest BCUT2D eigenvalue weighted by Gasteiger charge is -2.29. The highest BCUT2D eigenvalue weighted by atomic mass is 32.1.